The normalized spacial score (nSPS) is 21.0. The van der Waals surface area contributed by atoms with Crippen molar-refractivity contribution in [3.8, 4) is 0 Å². The van der Waals surface area contributed by atoms with Gasteiger partial charge in [0.2, 0.25) is 5.91 Å². The van der Waals surface area contributed by atoms with Crippen molar-refractivity contribution in [1.29, 1.82) is 0 Å². The highest BCUT2D eigenvalue weighted by atomic mass is 16.1. The molecular weight excluding hydrogens is 286 g/mol. The zero-order chi connectivity index (χ0) is 16.2. The molecule has 0 bridgehead atoms. The summed E-state index contributed by atoms with van der Waals surface area (Å²) in [5.74, 6) is 1.79. The summed E-state index contributed by atoms with van der Waals surface area (Å²) in [7, 11) is 0. The lowest BCUT2D eigenvalue weighted by Gasteiger charge is -2.21. The number of hydrogen-bond acceptors (Lipinski definition) is 2. The summed E-state index contributed by atoms with van der Waals surface area (Å²) < 4.78 is 0. The van der Waals surface area contributed by atoms with E-state index in [0.29, 0.717) is 5.92 Å². The summed E-state index contributed by atoms with van der Waals surface area (Å²) in [6, 6.07) is 0. The second-order valence-corrected chi connectivity index (χ2v) is 7.29. The number of fused-ring (bicyclic) bond motifs is 1. The van der Waals surface area contributed by atoms with Gasteiger partial charge >= 0.3 is 0 Å². The Bertz CT molecular complexity index is 585. The van der Waals surface area contributed by atoms with Gasteiger partial charge in [0.15, 0.2) is 0 Å². The van der Waals surface area contributed by atoms with Gasteiger partial charge in [-0.1, -0.05) is 25.5 Å². The maximum absolute atomic E-state index is 12.4. The third-order valence-electron chi connectivity index (χ3n) is 5.11. The van der Waals surface area contributed by atoms with E-state index in [4.69, 9.17) is 0 Å². The first kappa shape index (κ1) is 16.3. The summed E-state index contributed by atoms with van der Waals surface area (Å²) in [5, 5.41) is 3.15. The number of aromatic nitrogens is 2. The predicted molar refractivity (Wildman–Crippen MR) is 92.4 cm³/mol. The zero-order valence-corrected chi connectivity index (χ0v) is 14.5. The fourth-order valence-electron chi connectivity index (χ4n) is 3.62. The molecule has 0 saturated heterocycles. The number of allylic oxidation sites excluding steroid dienone is 1. The fourth-order valence-corrected chi connectivity index (χ4v) is 3.62. The second-order valence-electron chi connectivity index (χ2n) is 7.29. The smallest absolute Gasteiger partial charge is 0.223 e. The summed E-state index contributed by atoms with van der Waals surface area (Å²) in [6.45, 7) is 5.08. The van der Waals surface area contributed by atoms with Gasteiger partial charge in [-0.3, -0.25) is 4.79 Å². The van der Waals surface area contributed by atoms with Crippen LogP contribution in [0.3, 0.4) is 0 Å². The van der Waals surface area contributed by atoms with Crippen molar-refractivity contribution >= 4 is 5.91 Å². The first-order chi connectivity index (χ1) is 11.1. The van der Waals surface area contributed by atoms with Crippen LogP contribution in [0.2, 0.25) is 0 Å². The number of hydrogen-bond donors (Lipinski definition) is 2. The average Bonchev–Trinajstić information content (AvgIpc) is 2.99. The molecule has 1 aromatic rings. The molecule has 0 spiro atoms. The number of carbonyl (C=O) groups is 1. The quantitative estimate of drug-likeness (QED) is 0.815. The Kier molecular flexibility index (Phi) is 5.19. The van der Waals surface area contributed by atoms with E-state index in [-0.39, 0.29) is 11.8 Å². The van der Waals surface area contributed by atoms with Crippen LogP contribution in [0.4, 0.5) is 0 Å². The first-order valence-electron chi connectivity index (χ1n) is 9.16. The summed E-state index contributed by atoms with van der Waals surface area (Å²) in [5.41, 5.74) is 3.87. The fraction of sp³-hybridized carbons (Fsp3) is 0.684. The van der Waals surface area contributed by atoms with Crippen LogP contribution in [0, 0.1) is 5.92 Å². The molecule has 0 radical (unpaired) electrons. The number of nitrogens with one attached hydrogen (secondary N) is 2. The van der Waals surface area contributed by atoms with E-state index >= 15 is 0 Å². The highest BCUT2D eigenvalue weighted by Gasteiger charge is 2.27. The monoisotopic (exact) mass is 315 g/mol. The number of rotatable bonds is 5. The van der Waals surface area contributed by atoms with Gasteiger partial charge < -0.3 is 10.3 Å². The predicted octanol–water partition coefficient (Wildman–Crippen LogP) is 3.64. The maximum atomic E-state index is 12.4. The molecule has 2 N–H and O–H groups in total. The van der Waals surface area contributed by atoms with E-state index in [1.807, 2.05) is 0 Å². The molecular formula is C19H29N3O. The molecule has 4 nitrogen and oxygen atoms in total. The van der Waals surface area contributed by atoms with Gasteiger partial charge in [0.05, 0.1) is 5.69 Å². The molecule has 126 valence electrons. The lowest BCUT2D eigenvalue weighted by molar-refractivity contribution is -0.125. The Hall–Kier alpha value is -1.58. The highest BCUT2D eigenvalue weighted by molar-refractivity contribution is 5.79. The molecule has 1 aromatic heterocycles. The minimum absolute atomic E-state index is 0.100. The molecule has 0 aromatic carbocycles. The molecule has 1 atom stereocenters. The van der Waals surface area contributed by atoms with Crippen LogP contribution in [0.5, 0.6) is 0 Å². The van der Waals surface area contributed by atoms with Crippen LogP contribution in [-0.4, -0.2) is 22.4 Å². The molecule has 3 rings (SSSR count). The number of aryl methyl sites for hydroxylation is 1. The van der Waals surface area contributed by atoms with Crippen LogP contribution < -0.4 is 5.32 Å². The second kappa shape index (κ2) is 7.33. The minimum atomic E-state index is 0.100. The van der Waals surface area contributed by atoms with E-state index in [1.54, 1.807) is 0 Å². The molecule has 0 aliphatic heterocycles. The summed E-state index contributed by atoms with van der Waals surface area (Å²) in [4.78, 5) is 20.5. The van der Waals surface area contributed by atoms with Crippen molar-refractivity contribution in [2.75, 3.05) is 6.54 Å². The third kappa shape index (κ3) is 4.04. The zero-order valence-electron chi connectivity index (χ0n) is 14.5. The SMILES string of the molecule is CC(C)c1nc2c([nH]1)CC(C(=O)NCCC1=CCCCC1)CC2. The summed E-state index contributed by atoms with van der Waals surface area (Å²) >= 11 is 0. The lowest BCUT2D eigenvalue weighted by atomic mass is 9.89. The Balaban J connectivity index is 1.49. The van der Waals surface area contributed by atoms with Crippen LogP contribution in [0.25, 0.3) is 0 Å². The van der Waals surface area contributed by atoms with E-state index in [0.717, 1.165) is 38.1 Å². The van der Waals surface area contributed by atoms with Crippen molar-refractivity contribution < 1.29 is 4.79 Å². The standard InChI is InChI=1S/C19H29N3O/c1-13(2)18-21-16-9-8-15(12-17(16)22-18)19(23)20-11-10-14-6-4-3-5-7-14/h6,13,15H,3-5,7-12H2,1-2H3,(H,20,23)(H,21,22). The molecule has 1 unspecified atom stereocenters. The average molecular weight is 315 g/mol. The molecule has 1 heterocycles. The number of H-pyrrole nitrogens is 1. The van der Waals surface area contributed by atoms with Crippen molar-refractivity contribution in [1.82, 2.24) is 15.3 Å². The van der Waals surface area contributed by atoms with Crippen LogP contribution >= 0.6 is 0 Å². The number of aromatic amines is 1. The number of amides is 1. The van der Waals surface area contributed by atoms with Gasteiger partial charge in [-0.25, -0.2) is 4.98 Å². The van der Waals surface area contributed by atoms with Gasteiger partial charge in [-0.15, -0.1) is 0 Å². The first-order valence-corrected chi connectivity index (χ1v) is 9.16. The Morgan fingerprint density at radius 2 is 2.26 bits per heavy atom. The Labute approximate surface area is 139 Å². The Morgan fingerprint density at radius 1 is 1.39 bits per heavy atom. The van der Waals surface area contributed by atoms with E-state index in [2.05, 4.69) is 35.2 Å². The summed E-state index contributed by atoms with van der Waals surface area (Å²) in [6.07, 6.45) is 11.1. The van der Waals surface area contributed by atoms with Gasteiger partial charge in [-0.2, -0.15) is 0 Å². The highest BCUT2D eigenvalue weighted by Crippen LogP contribution is 2.26. The van der Waals surface area contributed by atoms with Gasteiger partial charge in [0, 0.05) is 30.5 Å². The van der Waals surface area contributed by atoms with Crippen molar-refractivity contribution in [3.05, 3.63) is 28.9 Å². The van der Waals surface area contributed by atoms with Crippen molar-refractivity contribution in [3.63, 3.8) is 0 Å². The van der Waals surface area contributed by atoms with Crippen LogP contribution in [0.15, 0.2) is 11.6 Å². The van der Waals surface area contributed by atoms with Crippen LogP contribution in [0.1, 0.15) is 75.5 Å². The lowest BCUT2D eigenvalue weighted by Crippen LogP contribution is -2.34. The number of nitrogens with zero attached hydrogens (tertiary/aromatic N) is 1. The molecule has 2 aliphatic carbocycles. The molecule has 23 heavy (non-hydrogen) atoms. The van der Waals surface area contributed by atoms with Crippen molar-refractivity contribution in [2.24, 2.45) is 5.92 Å². The van der Waals surface area contributed by atoms with E-state index in [9.17, 15) is 4.79 Å². The molecule has 4 heteroatoms. The maximum Gasteiger partial charge on any atom is 0.223 e. The largest absolute Gasteiger partial charge is 0.356 e. The molecule has 2 aliphatic rings. The topological polar surface area (TPSA) is 57.8 Å². The molecule has 1 amide bonds. The number of imidazole rings is 1. The van der Waals surface area contributed by atoms with Crippen LogP contribution in [-0.2, 0) is 17.6 Å². The third-order valence-corrected chi connectivity index (χ3v) is 5.11. The molecule has 0 saturated carbocycles. The van der Waals surface area contributed by atoms with Crippen molar-refractivity contribution in [2.45, 2.75) is 71.1 Å². The van der Waals surface area contributed by atoms with E-state index < -0.39 is 0 Å². The number of carbonyl (C=O) groups excluding carboxylic acids is 1. The van der Waals surface area contributed by atoms with E-state index in [1.165, 1.54) is 42.6 Å². The van der Waals surface area contributed by atoms with Gasteiger partial charge in [0.25, 0.3) is 0 Å². The van der Waals surface area contributed by atoms with Gasteiger partial charge in [0.1, 0.15) is 5.82 Å². The molecule has 0 fully saturated rings. The Morgan fingerprint density at radius 3 is 3.00 bits per heavy atom. The van der Waals surface area contributed by atoms with Gasteiger partial charge in [-0.05, 0) is 44.9 Å². The minimum Gasteiger partial charge on any atom is -0.356 e.